The first-order valence-corrected chi connectivity index (χ1v) is 9.24. The monoisotopic (exact) mass is 372 g/mol. The Labute approximate surface area is 159 Å². The van der Waals surface area contributed by atoms with E-state index in [4.69, 9.17) is 11.6 Å². The highest BCUT2D eigenvalue weighted by Crippen LogP contribution is 2.19. The van der Waals surface area contributed by atoms with Gasteiger partial charge in [0.15, 0.2) is 0 Å². The molecule has 0 spiro atoms. The lowest BCUT2D eigenvalue weighted by molar-refractivity contribution is 0.279. The molecule has 1 aromatic carbocycles. The molecule has 3 aromatic rings. The first kappa shape index (κ1) is 18.6. The maximum Gasteiger partial charge on any atom is 0.110 e. The summed E-state index contributed by atoms with van der Waals surface area (Å²) in [4.78, 5) is 2.38. The summed E-state index contributed by atoms with van der Waals surface area (Å²) in [6.07, 6.45) is 3.79. The molecule has 0 atom stereocenters. The van der Waals surface area contributed by atoms with Crippen LogP contribution >= 0.6 is 11.6 Å². The van der Waals surface area contributed by atoms with E-state index in [2.05, 4.69) is 38.5 Å². The number of aryl methyl sites for hydroxylation is 1. The SMILES string of the molecule is CCN(CCNCc1cn[nH]c1-c1ccn(C)n1)Cc1ccccc1Cl. The van der Waals surface area contributed by atoms with Gasteiger partial charge in [-0.15, -0.1) is 0 Å². The number of rotatable bonds is 9. The van der Waals surface area contributed by atoms with Crippen LogP contribution in [0.2, 0.25) is 5.02 Å². The molecule has 0 fully saturated rings. The van der Waals surface area contributed by atoms with Gasteiger partial charge in [-0.1, -0.05) is 36.7 Å². The predicted molar refractivity (Wildman–Crippen MR) is 105 cm³/mol. The molecule has 0 unspecified atom stereocenters. The normalized spacial score (nSPS) is 11.4. The fraction of sp³-hybridized carbons (Fsp3) is 0.368. The van der Waals surface area contributed by atoms with Crippen molar-refractivity contribution in [2.75, 3.05) is 19.6 Å². The van der Waals surface area contributed by atoms with Gasteiger partial charge in [0.1, 0.15) is 5.69 Å². The number of aromatic amines is 1. The van der Waals surface area contributed by atoms with Crippen LogP contribution in [-0.4, -0.2) is 44.5 Å². The van der Waals surface area contributed by atoms with Gasteiger partial charge >= 0.3 is 0 Å². The van der Waals surface area contributed by atoms with Gasteiger partial charge in [0.25, 0.3) is 0 Å². The molecule has 0 radical (unpaired) electrons. The van der Waals surface area contributed by atoms with Crippen LogP contribution in [0.5, 0.6) is 0 Å². The Balaban J connectivity index is 1.49. The third-order valence-electron chi connectivity index (χ3n) is 4.41. The van der Waals surface area contributed by atoms with Crippen molar-refractivity contribution < 1.29 is 0 Å². The van der Waals surface area contributed by atoms with E-state index in [9.17, 15) is 0 Å². The topological polar surface area (TPSA) is 61.8 Å². The van der Waals surface area contributed by atoms with Crippen molar-refractivity contribution >= 4 is 11.6 Å². The van der Waals surface area contributed by atoms with E-state index in [1.165, 1.54) is 5.56 Å². The Morgan fingerprint density at radius 3 is 2.81 bits per heavy atom. The van der Waals surface area contributed by atoms with Crippen LogP contribution in [-0.2, 0) is 20.1 Å². The van der Waals surface area contributed by atoms with Gasteiger partial charge in [0.05, 0.1) is 11.9 Å². The van der Waals surface area contributed by atoms with E-state index < -0.39 is 0 Å². The smallest absolute Gasteiger partial charge is 0.110 e. The summed E-state index contributed by atoms with van der Waals surface area (Å²) < 4.78 is 1.79. The molecule has 3 rings (SSSR count). The Bertz CT molecular complexity index is 825. The third kappa shape index (κ3) is 4.72. The fourth-order valence-electron chi connectivity index (χ4n) is 2.89. The molecule has 26 heavy (non-hydrogen) atoms. The molecule has 138 valence electrons. The van der Waals surface area contributed by atoms with Gasteiger partial charge in [-0.2, -0.15) is 10.2 Å². The first-order chi connectivity index (χ1) is 12.7. The second-order valence-electron chi connectivity index (χ2n) is 6.28. The van der Waals surface area contributed by atoms with Crippen LogP contribution in [0, 0.1) is 0 Å². The van der Waals surface area contributed by atoms with Gasteiger partial charge in [-0.3, -0.25) is 14.7 Å². The minimum atomic E-state index is 0.756. The summed E-state index contributed by atoms with van der Waals surface area (Å²) in [7, 11) is 1.91. The first-order valence-electron chi connectivity index (χ1n) is 8.86. The molecule has 0 aliphatic carbocycles. The minimum absolute atomic E-state index is 0.756. The molecule has 0 bridgehead atoms. The quantitative estimate of drug-likeness (QED) is 0.567. The maximum atomic E-state index is 6.27. The highest BCUT2D eigenvalue weighted by atomic mass is 35.5. The number of aromatic nitrogens is 4. The highest BCUT2D eigenvalue weighted by molar-refractivity contribution is 6.31. The Morgan fingerprint density at radius 2 is 2.08 bits per heavy atom. The maximum absolute atomic E-state index is 6.27. The van der Waals surface area contributed by atoms with E-state index in [1.807, 2.05) is 43.7 Å². The Kier molecular flexibility index (Phi) is 6.44. The number of nitrogens with zero attached hydrogens (tertiary/aromatic N) is 4. The zero-order valence-electron chi connectivity index (χ0n) is 15.2. The largest absolute Gasteiger partial charge is 0.311 e. The standard InChI is InChI=1S/C19H25ClN6/c1-3-26(14-15-6-4-5-7-17(15)20)11-9-21-12-16-13-22-23-19(16)18-8-10-25(2)24-18/h4-8,10,13,21H,3,9,11-12,14H2,1-2H3,(H,22,23). The summed E-state index contributed by atoms with van der Waals surface area (Å²) in [6.45, 7) is 6.63. The zero-order valence-corrected chi connectivity index (χ0v) is 16.0. The van der Waals surface area contributed by atoms with E-state index in [0.717, 1.165) is 54.7 Å². The summed E-state index contributed by atoms with van der Waals surface area (Å²) in [6, 6.07) is 10.0. The zero-order chi connectivity index (χ0) is 18.4. The number of H-pyrrole nitrogens is 1. The molecular weight excluding hydrogens is 348 g/mol. The average molecular weight is 373 g/mol. The number of likely N-dealkylation sites (N-methyl/N-ethyl adjacent to an activating group) is 1. The fourth-order valence-corrected chi connectivity index (χ4v) is 3.09. The van der Waals surface area contributed by atoms with E-state index in [1.54, 1.807) is 4.68 Å². The van der Waals surface area contributed by atoms with Crippen molar-refractivity contribution in [3.8, 4) is 11.4 Å². The summed E-state index contributed by atoms with van der Waals surface area (Å²) in [5.41, 5.74) is 4.18. The van der Waals surface area contributed by atoms with Crippen LogP contribution in [0.1, 0.15) is 18.1 Å². The molecule has 2 aromatic heterocycles. The minimum Gasteiger partial charge on any atom is -0.311 e. The van der Waals surface area contributed by atoms with Crippen LogP contribution in [0.4, 0.5) is 0 Å². The van der Waals surface area contributed by atoms with Crippen molar-refractivity contribution in [2.45, 2.75) is 20.0 Å². The summed E-state index contributed by atoms with van der Waals surface area (Å²) in [5, 5.41) is 16.0. The van der Waals surface area contributed by atoms with Crippen molar-refractivity contribution in [1.29, 1.82) is 0 Å². The van der Waals surface area contributed by atoms with E-state index in [0.29, 0.717) is 0 Å². The third-order valence-corrected chi connectivity index (χ3v) is 4.78. The Morgan fingerprint density at radius 1 is 1.23 bits per heavy atom. The average Bonchev–Trinajstić information content (AvgIpc) is 3.27. The highest BCUT2D eigenvalue weighted by Gasteiger charge is 2.10. The molecule has 2 N–H and O–H groups in total. The second kappa shape index (κ2) is 8.98. The number of benzene rings is 1. The number of halogens is 1. The molecule has 0 saturated carbocycles. The van der Waals surface area contributed by atoms with Gasteiger partial charge in [0, 0.05) is 50.0 Å². The summed E-state index contributed by atoms with van der Waals surface area (Å²) in [5.74, 6) is 0. The Hall–Kier alpha value is -2.15. The second-order valence-corrected chi connectivity index (χ2v) is 6.69. The van der Waals surface area contributed by atoms with E-state index >= 15 is 0 Å². The number of hydrogen-bond donors (Lipinski definition) is 2. The van der Waals surface area contributed by atoms with E-state index in [-0.39, 0.29) is 0 Å². The molecule has 2 heterocycles. The molecular formula is C19H25ClN6. The van der Waals surface area contributed by atoms with Gasteiger partial charge < -0.3 is 5.32 Å². The lowest BCUT2D eigenvalue weighted by Crippen LogP contribution is -2.31. The van der Waals surface area contributed by atoms with Crippen LogP contribution in [0.3, 0.4) is 0 Å². The van der Waals surface area contributed by atoms with Crippen LogP contribution < -0.4 is 5.32 Å². The van der Waals surface area contributed by atoms with Crippen molar-refractivity contribution in [3.05, 3.63) is 58.9 Å². The van der Waals surface area contributed by atoms with Crippen molar-refractivity contribution in [1.82, 2.24) is 30.2 Å². The summed E-state index contributed by atoms with van der Waals surface area (Å²) >= 11 is 6.27. The molecule has 0 saturated heterocycles. The molecule has 7 heteroatoms. The molecule has 6 nitrogen and oxygen atoms in total. The van der Waals surface area contributed by atoms with Gasteiger partial charge in [0.2, 0.25) is 0 Å². The van der Waals surface area contributed by atoms with Crippen molar-refractivity contribution in [2.24, 2.45) is 7.05 Å². The number of hydrogen-bond acceptors (Lipinski definition) is 4. The molecule has 0 aliphatic rings. The lowest BCUT2D eigenvalue weighted by atomic mass is 10.2. The predicted octanol–water partition coefficient (Wildman–Crippen LogP) is 3.08. The van der Waals surface area contributed by atoms with Crippen molar-refractivity contribution in [3.63, 3.8) is 0 Å². The molecule has 0 aliphatic heterocycles. The number of nitrogens with one attached hydrogen (secondary N) is 2. The van der Waals surface area contributed by atoms with Gasteiger partial charge in [-0.05, 0) is 24.2 Å². The van der Waals surface area contributed by atoms with Gasteiger partial charge in [-0.25, -0.2) is 0 Å². The lowest BCUT2D eigenvalue weighted by Gasteiger charge is -2.21. The van der Waals surface area contributed by atoms with Crippen LogP contribution in [0.15, 0.2) is 42.7 Å². The van der Waals surface area contributed by atoms with Crippen LogP contribution in [0.25, 0.3) is 11.4 Å². The molecule has 0 amide bonds.